The van der Waals surface area contributed by atoms with Crippen molar-refractivity contribution < 1.29 is 13.9 Å². The van der Waals surface area contributed by atoms with Crippen molar-refractivity contribution in [1.29, 1.82) is 0 Å². The third-order valence-electron chi connectivity index (χ3n) is 3.43. The third-order valence-corrected chi connectivity index (χ3v) is 3.43. The van der Waals surface area contributed by atoms with Crippen LogP contribution in [-0.4, -0.2) is 24.0 Å². The van der Waals surface area contributed by atoms with Crippen LogP contribution in [0.3, 0.4) is 0 Å². The first-order chi connectivity index (χ1) is 9.31. The molecule has 1 aromatic heterocycles. The molecule has 2 heterocycles. The van der Waals surface area contributed by atoms with E-state index in [9.17, 15) is 4.79 Å². The van der Waals surface area contributed by atoms with Crippen LogP contribution in [0, 0.1) is 0 Å². The number of β-lactam (4-membered cyclic amide) rings is 1. The molecular formula is C15H15NO3. The number of hydrogen-bond acceptors (Lipinski definition) is 3. The van der Waals surface area contributed by atoms with Gasteiger partial charge in [0.2, 0.25) is 0 Å². The van der Waals surface area contributed by atoms with Crippen molar-refractivity contribution in [2.75, 3.05) is 7.11 Å². The first-order valence-corrected chi connectivity index (χ1v) is 6.22. The van der Waals surface area contributed by atoms with Gasteiger partial charge in [-0.15, -0.1) is 0 Å². The lowest BCUT2D eigenvalue weighted by atomic mass is 9.94. The van der Waals surface area contributed by atoms with Gasteiger partial charge in [0.1, 0.15) is 11.8 Å². The maximum absolute atomic E-state index is 12.1. The molecule has 1 aliphatic heterocycles. The molecule has 1 aliphatic rings. The molecule has 4 heteroatoms. The van der Waals surface area contributed by atoms with Crippen LogP contribution in [0.2, 0.25) is 0 Å². The summed E-state index contributed by atoms with van der Waals surface area (Å²) in [7, 11) is 1.55. The number of carbonyl (C=O) groups excluding carboxylic acids is 1. The highest BCUT2D eigenvalue weighted by molar-refractivity contribution is 5.88. The Morgan fingerprint density at radius 2 is 2.00 bits per heavy atom. The van der Waals surface area contributed by atoms with E-state index >= 15 is 0 Å². The monoisotopic (exact) mass is 257 g/mol. The van der Waals surface area contributed by atoms with Crippen LogP contribution < -0.4 is 0 Å². The van der Waals surface area contributed by atoms with E-state index in [1.807, 2.05) is 42.5 Å². The summed E-state index contributed by atoms with van der Waals surface area (Å²) in [6.07, 6.45) is 1.18. The first kappa shape index (κ1) is 12.0. The Kier molecular flexibility index (Phi) is 3.09. The van der Waals surface area contributed by atoms with E-state index in [1.165, 1.54) is 0 Å². The molecule has 3 rings (SSSR count). The minimum absolute atomic E-state index is 0.00718. The Morgan fingerprint density at radius 3 is 2.63 bits per heavy atom. The van der Waals surface area contributed by atoms with Gasteiger partial charge in [-0.3, -0.25) is 4.79 Å². The van der Waals surface area contributed by atoms with Gasteiger partial charge < -0.3 is 14.1 Å². The third kappa shape index (κ3) is 2.04. The number of methoxy groups -OCH3 is 1. The van der Waals surface area contributed by atoms with E-state index < -0.39 is 6.10 Å². The Morgan fingerprint density at radius 1 is 1.21 bits per heavy atom. The quantitative estimate of drug-likeness (QED) is 0.790. The van der Waals surface area contributed by atoms with Crippen LogP contribution in [0.25, 0.3) is 0 Å². The fourth-order valence-electron chi connectivity index (χ4n) is 2.47. The lowest BCUT2D eigenvalue weighted by Crippen LogP contribution is -2.58. The smallest absolute Gasteiger partial charge is 0.255 e. The fourth-order valence-corrected chi connectivity index (χ4v) is 2.47. The van der Waals surface area contributed by atoms with Crippen molar-refractivity contribution in [1.82, 2.24) is 4.90 Å². The summed E-state index contributed by atoms with van der Waals surface area (Å²) in [5, 5.41) is 0. The van der Waals surface area contributed by atoms with Gasteiger partial charge in [0.05, 0.1) is 6.26 Å². The lowest BCUT2D eigenvalue weighted by molar-refractivity contribution is -0.174. The van der Waals surface area contributed by atoms with Crippen LogP contribution in [0.4, 0.5) is 0 Å². The number of hydrogen-bond donors (Lipinski definition) is 0. The molecule has 98 valence electrons. The molecule has 0 spiro atoms. The van der Waals surface area contributed by atoms with Crippen LogP contribution in [0.5, 0.6) is 0 Å². The number of rotatable bonds is 4. The van der Waals surface area contributed by atoms with Gasteiger partial charge in [-0.2, -0.15) is 0 Å². The summed E-state index contributed by atoms with van der Waals surface area (Å²) in [5.74, 6) is 0.773. The van der Waals surface area contributed by atoms with Crippen molar-refractivity contribution in [3.63, 3.8) is 0 Å². The molecule has 1 aromatic carbocycles. The van der Waals surface area contributed by atoms with E-state index in [1.54, 1.807) is 18.3 Å². The molecule has 0 unspecified atom stereocenters. The first-order valence-electron chi connectivity index (χ1n) is 6.22. The molecule has 0 saturated carbocycles. The van der Waals surface area contributed by atoms with E-state index in [4.69, 9.17) is 9.15 Å². The second-order valence-corrected chi connectivity index (χ2v) is 4.57. The number of ether oxygens (including phenoxy) is 1. The van der Waals surface area contributed by atoms with Gasteiger partial charge in [0, 0.05) is 13.7 Å². The number of carbonyl (C=O) groups is 1. The van der Waals surface area contributed by atoms with Crippen molar-refractivity contribution in [2.24, 2.45) is 0 Å². The van der Waals surface area contributed by atoms with Crippen LogP contribution in [-0.2, 0) is 16.1 Å². The zero-order valence-corrected chi connectivity index (χ0v) is 10.7. The summed E-state index contributed by atoms with van der Waals surface area (Å²) in [5.41, 5.74) is 1.10. The largest absolute Gasteiger partial charge is 0.467 e. The van der Waals surface area contributed by atoms with E-state index in [0.29, 0.717) is 6.54 Å². The summed E-state index contributed by atoms with van der Waals surface area (Å²) >= 11 is 0. The molecule has 2 atom stereocenters. The molecule has 0 aliphatic carbocycles. The highest BCUT2D eigenvalue weighted by atomic mass is 16.5. The topological polar surface area (TPSA) is 42.7 Å². The van der Waals surface area contributed by atoms with Gasteiger partial charge in [0.15, 0.2) is 6.10 Å². The minimum atomic E-state index is -0.435. The maximum Gasteiger partial charge on any atom is 0.255 e. The summed E-state index contributed by atoms with van der Waals surface area (Å²) < 4.78 is 10.7. The van der Waals surface area contributed by atoms with Crippen LogP contribution in [0.1, 0.15) is 17.4 Å². The van der Waals surface area contributed by atoms with Crippen LogP contribution >= 0.6 is 0 Å². The zero-order chi connectivity index (χ0) is 13.2. The predicted molar refractivity (Wildman–Crippen MR) is 69.2 cm³/mol. The van der Waals surface area contributed by atoms with Crippen molar-refractivity contribution in [3.05, 3.63) is 60.1 Å². The fraction of sp³-hybridized carbons (Fsp3) is 0.267. The number of nitrogens with zero attached hydrogens (tertiary/aromatic N) is 1. The Balaban J connectivity index is 1.82. The van der Waals surface area contributed by atoms with Crippen molar-refractivity contribution in [2.45, 2.75) is 18.7 Å². The maximum atomic E-state index is 12.1. The van der Waals surface area contributed by atoms with E-state index in [0.717, 1.165) is 11.3 Å². The van der Waals surface area contributed by atoms with Gasteiger partial charge in [0.25, 0.3) is 5.91 Å². The standard InChI is InChI=1S/C15H15NO3/c1-18-14-13(12-8-5-9-19-12)16(15(14)17)10-11-6-3-2-4-7-11/h2-9,13-14H,10H2,1H3/t13-,14+/m0/s1. The molecule has 1 fully saturated rings. The predicted octanol–water partition coefficient (Wildman–Crippen LogP) is 2.38. The van der Waals surface area contributed by atoms with Gasteiger partial charge >= 0.3 is 0 Å². The number of furan rings is 1. The summed E-state index contributed by atoms with van der Waals surface area (Å²) in [4.78, 5) is 13.8. The molecule has 0 N–H and O–H groups in total. The van der Waals surface area contributed by atoms with Gasteiger partial charge in [-0.1, -0.05) is 30.3 Å². The zero-order valence-electron chi connectivity index (χ0n) is 10.7. The highest BCUT2D eigenvalue weighted by Gasteiger charge is 2.49. The van der Waals surface area contributed by atoms with E-state index in [2.05, 4.69) is 0 Å². The number of likely N-dealkylation sites (tertiary alicyclic amines) is 1. The summed E-state index contributed by atoms with van der Waals surface area (Å²) in [6.45, 7) is 0.574. The second-order valence-electron chi connectivity index (χ2n) is 4.57. The van der Waals surface area contributed by atoms with Crippen molar-refractivity contribution in [3.8, 4) is 0 Å². The molecule has 19 heavy (non-hydrogen) atoms. The van der Waals surface area contributed by atoms with Crippen molar-refractivity contribution >= 4 is 5.91 Å². The second kappa shape index (κ2) is 4.90. The Bertz CT molecular complexity index is 550. The van der Waals surface area contributed by atoms with E-state index in [-0.39, 0.29) is 11.9 Å². The molecular weight excluding hydrogens is 242 g/mol. The molecule has 1 saturated heterocycles. The molecule has 2 aromatic rings. The minimum Gasteiger partial charge on any atom is -0.467 e. The number of benzene rings is 1. The molecule has 0 bridgehead atoms. The molecule has 0 radical (unpaired) electrons. The average Bonchev–Trinajstić information content (AvgIpc) is 2.96. The SMILES string of the molecule is CO[C@H]1C(=O)N(Cc2ccccc2)[C@H]1c1ccco1. The molecule has 4 nitrogen and oxygen atoms in total. The average molecular weight is 257 g/mol. The van der Waals surface area contributed by atoms with Gasteiger partial charge in [-0.25, -0.2) is 0 Å². The normalized spacial score (nSPS) is 22.4. The van der Waals surface area contributed by atoms with Gasteiger partial charge in [-0.05, 0) is 17.7 Å². The lowest BCUT2D eigenvalue weighted by Gasteiger charge is -2.45. The highest BCUT2D eigenvalue weighted by Crippen LogP contribution is 2.38. The molecule has 1 amide bonds. The Hall–Kier alpha value is -2.07. The number of amides is 1. The Labute approximate surface area is 111 Å². The van der Waals surface area contributed by atoms with Crippen LogP contribution in [0.15, 0.2) is 53.1 Å². The summed E-state index contributed by atoms with van der Waals surface area (Å²) in [6, 6.07) is 13.5.